The first-order valence-corrected chi connectivity index (χ1v) is 9.34. The lowest BCUT2D eigenvalue weighted by Gasteiger charge is -2.20. The van der Waals surface area contributed by atoms with Gasteiger partial charge in [0.1, 0.15) is 0 Å². The molecule has 0 heterocycles. The minimum absolute atomic E-state index is 0.0782. The molecule has 3 aromatic carbocycles. The molecule has 0 saturated carbocycles. The molecule has 0 bridgehead atoms. The number of hydrogen-bond acceptors (Lipinski definition) is 3. The van der Waals surface area contributed by atoms with Crippen LogP contribution in [0.2, 0.25) is 0 Å². The number of benzene rings is 3. The molecule has 0 aliphatic carbocycles. The molecule has 1 N–H and O–H groups in total. The second kappa shape index (κ2) is 9.00. The minimum Gasteiger partial charge on any atom is -0.326 e. The molecule has 0 unspecified atom stereocenters. The van der Waals surface area contributed by atoms with Crippen LogP contribution in [0.4, 0.5) is 17.1 Å². The van der Waals surface area contributed by atoms with E-state index >= 15 is 0 Å². The molecule has 0 saturated heterocycles. The van der Waals surface area contributed by atoms with Crippen molar-refractivity contribution < 1.29 is 4.79 Å². The van der Waals surface area contributed by atoms with Crippen molar-refractivity contribution in [2.24, 2.45) is 5.10 Å². The number of aryl methyl sites for hydroxylation is 2. The Morgan fingerprint density at radius 3 is 1.96 bits per heavy atom. The molecule has 0 spiro atoms. The molecule has 0 aliphatic rings. The van der Waals surface area contributed by atoms with E-state index in [9.17, 15) is 4.79 Å². The quantitative estimate of drug-likeness (QED) is 0.436. The Hall–Kier alpha value is -3.40. The number of anilines is 3. The SMILES string of the molecule is CC(CC(=O)Nc1ccc(C)c(C)c1)=NN(c1ccccc1)c1ccccc1. The number of nitrogens with one attached hydrogen (secondary N) is 1. The van der Waals surface area contributed by atoms with Crippen molar-refractivity contribution in [3.63, 3.8) is 0 Å². The molecule has 0 radical (unpaired) electrons. The van der Waals surface area contributed by atoms with Crippen molar-refractivity contribution in [1.29, 1.82) is 0 Å². The van der Waals surface area contributed by atoms with Crippen molar-refractivity contribution in [3.05, 3.63) is 90.0 Å². The summed E-state index contributed by atoms with van der Waals surface area (Å²) in [7, 11) is 0. The van der Waals surface area contributed by atoms with Gasteiger partial charge in [-0.15, -0.1) is 0 Å². The van der Waals surface area contributed by atoms with Crippen molar-refractivity contribution in [2.45, 2.75) is 27.2 Å². The highest BCUT2D eigenvalue weighted by Crippen LogP contribution is 2.25. The lowest BCUT2D eigenvalue weighted by molar-refractivity contribution is -0.115. The van der Waals surface area contributed by atoms with Gasteiger partial charge in [-0.25, -0.2) is 5.01 Å². The molecule has 4 heteroatoms. The summed E-state index contributed by atoms with van der Waals surface area (Å²) < 4.78 is 0. The lowest BCUT2D eigenvalue weighted by atomic mass is 10.1. The first kappa shape index (κ1) is 19.4. The van der Waals surface area contributed by atoms with Crippen LogP contribution in [0.1, 0.15) is 24.5 Å². The topological polar surface area (TPSA) is 44.7 Å². The Bertz CT molecular complexity index is 926. The average Bonchev–Trinajstić information content (AvgIpc) is 2.70. The van der Waals surface area contributed by atoms with Crippen molar-refractivity contribution >= 4 is 28.7 Å². The van der Waals surface area contributed by atoms with Crippen LogP contribution in [0.15, 0.2) is 84.0 Å². The fraction of sp³-hybridized carbons (Fsp3) is 0.167. The lowest BCUT2D eigenvalue weighted by Crippen LogP contribution is -2.18. The summed E-state index contributed by atoms with van der Waals surface area (Å²) in [5.74, 6) is -0.0782. The molecule has 3 rings (SSSR count). The number of carbonyl (C=O) groups is 1. The fourth-order valence-corrected chi connectivity index (χ4v) is 2.87. The maximum atomic E-state index is 12.5. The number of amides is 1. The van der Waals surface area contributed by atoms with E-state index in [0.29, 0.717) is 0 Å². The number of rotatable bonds is 6. The Kier molecular flexibility index (Phi) is 6.22. The van der Waals surface area contributed by atoms with E-state index in [1.54, 1.807) is 0 Å². The van der Waals surface area contributed by atoms with Crippen LogP contribution in [-0.4, -0.2) is 11.6 Å². The molecule has 0 fully saturated rings. The van der Waals surface area contributed by atoms with E-state index < -0.39 is 0 Å². The van der Waals surface area contributed by atoms with Gasteiger partial charge in [0, 0.05) is 11.4 Å². The summed E-state index contributed by atoms with van der Waals surface area (Å²) >= 11 is 0. The summed E-state index contributed by atoms with van der Waals surface area (Å²) in [6.45, 7) is 5.97. The van der Waals surface area contributed by atoms with E-state index in [1.165, 1.54) is 5.56 Å². The highest BCUT2D eigenvalue weighted by molar-refractivity contribution is 6.06. The smallest absolute Gasteiger partial charge is 0.230 e. The summed E-state index contributed by atoms with van der Waals surface area (Å²) in [5, 5.41) is 9.53. The maximum absolute atomic E-state index is 12.5. The summed E-state index contributed by atoms with van der Waals surface area (Å²) in [5.41, 5.74) is 5.79. The van der Waals surface area contributed by atoms with Gasteiger partial charge >= 0.3 is 0 Å². The van der Waals surface area contributed by atoms with Gasteiger partial charge in [-0.3, -0.25) is 4.79 Å². The molecular weight excluding hydrogens is 346 g/mol. The van der Waals surface area contributed by atoms with Crippen LogP contribution in [0.3, 0.4) is 0 Å². The third-order valence-electron chi connectivity index (χ3n) is 4.48. The average molecular weight is 371 g/mol. The first-order chi connectivity index (χ1) is 13.5. The second-order valence-electron chi connectivity index (χ2n) is 6.84. The molecule has 3 aromatic rings. The molecule has 0 aliphatic heterocycles. The van der Waals surface area contributed by atoms with Gasteiger partial charge < -0.3 is 5.32 Å². The molecule has 142 valence electrons. The molecule has 1 amide bonds. The van der Waals surface area contributed by atoms with Gasteiger partial charge in [0.25, 0.3) is 0 Å². The van der Waals surface area contributed by atoms with E-state index in [1.807, 2.05) is 97.7 Å². The summed E-state index contributed by atoms with van der Waals surface area (Å²) in [4.78, 5) is 12.5. The van der Waals surface area contributed by atoms with Crippen LogP contribution >= 0.6 is 0 Å². The predicted octanol–water partition coefficient (Wildman–Crippen LogP) is 5.85. The van der Waals surface area contributed by atoms with Gasteiger partial charge in [-0.05, 0) is 68.3 Å². The van der Waals surface area contributed by atoms with Crippen molar-refractivity contribution in [1.82, 2.24) is 0 Å². The largest absolute Gasteiger partial charge is 0.326 e. The van der Waals surface area contributed by atoms with E-state index in [2.05, 4.69) is 12.2 Å². The van der Waals surface area contributed by atoms with Gasteiger partial charge in [0.2, 0.25) is 5.91 Å². The van der Waals surface area contributed by atoms with Gasteiger partial charge in [0.15, 0.2) is 0 Å². The van der Waals surface area contributed by atoms with Crippen LogP contribution < -0.4 is 10.3 Å². The maximum Gasteiger partial charge on any atom is 0.230 e. The third-order valence-corrected chi connectivity index (χ3v) is 4.48. The summed E-state index contributed by atoms with van der Waals surface area (Å²) in [6, 6.07) is 25.8. The highest BCUT2D eigenvalue weighted by Gasteiger charge is 2.11. The number of carbonyl (C=O) groups excluding carboxylic acids is 1. The van der Waals surface area contributed by atoms with Gasteiger partial charge in [-0.1, -0.05) is 42.5 Å². The highest BCUT2D eigenvalue weighted by atomic mass is 16.1. The minimum atomic E-state index is -0.0782. The van der Waals surface area contributed by atoms with Crippen molar-refractivity contribution in [3.8, 4) is 0 Å². The number of nitrogens with zero attached hydrogens (tertiary/aromatic N) is 2. The van der Waals surface area contributed by atoms with Crippen LogP contribution in [0.5, 0.6) is 0 Å². The zero-order valence-corrected chi connectivity index (χ0v) is 16.5. The Morgan fingerprint density at radius 2 is 1.43 bits per heavy atom. The third kappa shape index (κ3) is 5.07. The normalized spacial score (nSPS) is 11.2. The molecule has 0 atom stereocenters. The molecule has 4 nitrogen and oxygen atoms in total. The van der Waals surface area contributed by atoms with Crippen molar-refractivity contribution in [2.75, 3.05) is 10.3 Å². The predicted molar refractivity (Wildman–Crippen MR) is 117 cm³/mol. The monoisotopic (exact) mass is 371 g/mol. The molecular formula is C24H25N3O. The molecule has 0 aromatic heterocycles. The van der Waals surface area contributed by atoms with E-state index in [0.717, 1.165) is 28.3 Å². The zero-order chi connectivity index (χ0) is 19.9. The second-order valence-corrected chi connectivity index (χ2v) is 6.84. The number of hydrogen-bond donors (Lipinski definition) is 1. The van der Waals surface area contributed by atoms with E-state index in [4.69, 9.17) is 5.10 Å². The Labute approximate surface area is 166 Å². The van der Waals surface area contributed by atoms with Crippen LogP contribution in [0, 0.1) is 13.8 Å². The van der Waals surface area contributed by atoms with Crippen LogP contribution in [-0.2, 0) is 4.79 Å². The Morgan fingerprint density at radius 1 is 0.857 bits per heavy atom. The van der Waals surface area contributed by atoms with Gasteiger partial charge in [0.05, 0.1) is 17.8 Å². The van der Waals surface area contributed by atoms with Crippen LogP contribution in [0.25, 0.3) is 0 Å². The fourth-order valence-electron chi connectivity index (χ4n) is 2.87. The first-order valence-electron chi connectivity index (χ1n) is 9.34. The zero-order valence-electron chi connectivity index (χ0n) is 16.5. The summed E-state index contributed by atoms with van der Waals surface area (Å²) in [6.07, 6.45) is 0.225. The molecule has 28 heavy (non-hydrogen) atoms. The van der Waals surface area contributed by atoms with Gasteiger partial charge in [-0.2, -0.15) is 5.10 Å². The standard InChI is InChI=1S/C24H25N3O/c1-18-14-15-21(16-19(18)2)25-24(28)17-20(3)26-27(22-10-6-4-7-11-22)23-12-8-5-9-13-23/h4-16H,17H2,1-3H3,(H,25,28). The number of hydrazone groups is 1. The number of para-hydroxylation sites is 2. The van der Waals surface area contributed by atoms with E-state index in [-0.39, 0.29) is 12.3 Å². The Balaban J connectivity index is 1.76.